The molecule has 1 atom stereocenters. The number of halogens is 1. The van der Waals surface area contributed by atoms with Gasteiger partial charge in [0.2, 0.25) is 0 Å². The number of nitrogens with one attached hydrogen (secondary N) is 1. The van der Waals surface area contributed by atoms with Crippen molar-refractivity contribution in [1.29, 1.82) is 0 Å². The average Bonchev–Trinajstić information content (AvgIpc) is 2.70. The third kappa shape index (κ3) is 6.81. The Hall–Kier alpha value is -2.89. The van der Waals surface area contributed by atoms with E-state index in [2.05, 4.69) is 10.3 Å². The molecule has 0 aliphatic rings. The number of pyridine rings is 1. The van der Waals surface area contributed by atoms with Crippen molar-refractivity contribution in [2.75, 3.05) is 5.32 Å². The molecule has 5 nitrogen and oxygen atoms in total. The molecule has 3 aromatic rings. The molecule has 1 heterocycles. The lowest BCUT2D eigenvalue weighted by Gasteiger charge is -2.16. The van der Waals surface area contributed by atoms with Gasteiger partial charge in [0.1, 0.15) is 11.5 Å². The molecule has 0 saturated heterocycles. The zero-order valence-electron chi connectivity index (χ0n) is 18.2. The van der Waals surface area contributed by atoms with Crippen LogP contribution < -0.4 is 10.1 Å². The van der Waals surface area contributed by atoms with Crippen molar-refractivity contribution in [2.45, 2.75) is 46.3 Å². The summed E-state index contributed by atoms with van der Waals surface area (Å²) in [6, 6.07) is 18.0. The summed E-state index contributed by atoms with van der Waals surface area (Å²) in [4.78, 5) is 17.3. The number of ether oxygens (including phenoxy) is 2. The maximum atomic E-state index is 12.7. The van der Waals surface area contributed by atoms with Crippen molar-refractivity contribution >= 4 is 23.2 Å². The molecule has 0 aliphatic heterocycles. The summed E-state index contributed by atoms with van der Waals surface area (Å²) in [6.45, 7) is 7.89. The fourth-order valence-electron chi connectivity index (χ4n) is 3.22. The van der Waals surface area contributed by atoms with E-state index in [0.29, 0.717) is 39.9 Å². The first kappa shape index (κ1) is 22.8. The van der Waals surface area contributed by atoms with E-state index < -0.39 is 0 Å². The van der Waals surface area contributed by atoms with Crippen molar-refractivity contribution in [2.24, 2.45) is 0 Å². The van der Waals surface area contributed by atoms with Crippen LogP contribution >= 0.6 is 11.6 Å². The van der Waals surface area contributed by atoms with Gasteiger partial charge in [-0.2, -0.15) is 0 Å². The Morgan fingerprint density at radius 2 is 1.58 bits per heavy atom. The van der Waals surface area contributed by atoms with Crippen LogP contribution in [0.2, 0.25) is 5.02 Å². The minimum atomic E-state index is -0.200. The van der Waals surface area contributed by atoms with E-state index in [1.165, 1.54) is 0 Å². The lowest BCUT2D eigenvalue weighted by Crippen LogP contribution is -2.18. The second kappa shape index (κ2) is 10.4. The molecule has 31 heavy (non-hydrogen) atoms. The highest BCUT2D eigenvalue weighted by molar-refractivity contribution is 6.30. The Bertz CT molecular complexity index is 1020. The van der Waals surface area contributed by atoms with Crippen molar-refractivity contribution in [3.63, 3.8) is 0 Å². The van der Waals surface area contributed by atoms with Crippen LogP contribution in [0, 0.1) is 6.92 Å². The highest BCUT2D eigenvalue weighted by Gasteiger charge is 2.13. The Labute approximate surface area is 188 Å². The minimum absolute atomic E-state index is 0.0696. The van der Waals surface area contributed by atoms with Crippen LogP contribution in [-0.4, -0.2) is 23.1 Å². The number of nitrogens with zero attached hydrogens (tertiary/aromatic N) is 1. The lowest BCUT2D eigenvalue weighted by molar-refractivity contribution is 0.0190. The first-order chi connectivity index (χ1) is 14.8. The number of anilines is 1. The Morgan fingerprint density at radius 3 is 2.16 bits per heavy atom. The van der Waals surface area contributed by atoms with E-state index in [0.717, 1.165) is 5.69 Å². The van der Waals surface area contributed by atoms with Gasteiger partial charge >= 0.3 is 0 Å². The van der Waals surface area contributed by atoms with Gasteiger partial charge in [0.25, 0.3) is 5.91 Å². The van der Waals surface area contributed by atoms with Crippen LogP contribution in [0.15, 0.2) is 60.7 Å². The van der Waals surface area contributed by atoms with E-state index in [4.69, 9.17) is 21.1 Å². The summed E-state index contributed by atoms with van der Waals surface area (Å²) in [6.07, 6.45) is 0.944. The van der Waals surface area contributed by atoms with Crippen molar-refractivity contribution in [3.05, 3.63) is 82.6 Å². The van der Waals surface area contributed by atoms with E-state index in [1.54, 1.807) is 48.5 Å². The molecule has 0 radical (unpaired) electrons. The summed E-state index contributed by atoms with van der Waals surface area (Å²) >= 11 is 5.89. The molecular weight excluding hydrogens is 412 g/mol. The molecule has 0 aliphatic carbocycles. The topological polar surface area (TPSA) is 60.5 Å². The molecule has 3 rings (SSSR count). The van der Waals surface area contributed by atoms with Crippen LogP contribution in [-0.2, 0) is 11.2 Å². The van der Waals surface area contributed by atoms with Gasteiger partial charge < -0.3 is 14.8 Å². The summed E-state index contributed by atoms with van der Waals surface area (Å²) < 4.78 is 11.5. The van der Waals surface area contributed by atoms with E-state index >= 15 is 0 Å². The molecule has 0 spiro atoms. The van der Waals surface area contributed by atoms with Gasteiger partial charge in [0, 0.05) is 22.8 Å². The van der Waals surface area contributed by atoms with Gasteiger partial charge in [-0.05, 0) is 88.4 Å². The van der Waals surface area contributed by atoms with Crippen LogP contribution in [0.3, 0.4) is 0 Å². The van der Waals surface area contributed by atoms with Crippen molar-refractivity contribution < 1.29 is 14.3 Å². The number of rotatable bonds is 8. The van der Waals surface area contributed by atoms with Crippen molar-refractivity contribution in [1.82, 2.24) is 4.98 Å². The normalized spacial score (nSPS) is 11.9. The Morgan fingerprint density at radius 1 is 0.968 bits per heavy atom. The number of amides is 1. The smallest absolute Gasteiger partial charge is 0.257 e. The number of hydrogen-bond acceptors (Lipinski definition) is 4. The van der Waals surface area contributed by atoms with Crippen LogP contribution in [0.25, 0.3) is 0 Å². The summed E-state index contributed by atoms with van der Waals surface area (Å²) in [5.41, 5.74) is 2.82. The predicted octanol–water partition coefficient (Wildman–Crippen LogP) is 6.44. The fraction of sp³-hybridized carbons (Fsp3) is 0.280. The molecular formula is C25H27ClN2O3. The number of carbonyl (C=O) groups excluding carboxylic acids is 1. The number of carbonyl (C=O) groups is 1. The number of benzene rings is 2. The minimum Gasteiger partial charge on any atom is -0.457 e. The molecule has 1 unspecified atom stereocenters. The summed E-state index contributed by atoms with van der Waals surface area (Å²) in [5, 5.41) is 3.56. The molecule has 0 fully saturated rings. The average molecular weight is 439 g/mol. The Balaban J connectivity index is 1.61. The largest absolute Gasteiger partial charge is 0.457 e. The zero-order chi connectivity index (χ0) is 22.4. The van der Waals surface area contributed by atoms with Gasteiger partial charge in [-0.25, -0.2) is 0 Å². The molecule has 0 bridgehead atoms. The van der Waals surface area contributed by atoms with E-state index in [9.17, 15) is 4.79 Å². The van der Waals surface area contributed by atoms with Crippen LogP contribution in [0.1, 0.15) is 42.5 Å². The second-order valence-electron chi connectivity index (χ2n) is 7.67. The highest BCUT2D eigenvalue weighted by Crippen LogP contribution is 2.24. The van der Waals surface area contributed by atoms with Gasteiger partial charge in [0.05, 0.1) is 23.5 Å². The first-order valence-corrected chi connectivity index (χ1v) is 10.6. The zero-order valence-corrected chi connectivity index (χ0v) is 18.9. The predicted molar refractivity (Wildman–Crippen MR) is 124 cm³/mol. The van der Waals surface area contributed by atoms with Crippen molar-refractivity contribution in [3.8, 4) is 11.5 Å². The van der Waals surface area contributed by atoms with Gasteiger partial charge in [-0.3, -0.25) is 9.78 Å². The van der Waals surface area contributed by atoms with E-state index in [1.807, 2.05) is 39.8 Å². The lowest BCUT2D eigenvalue weighted by atomic mass is 10.1. The van der Waals surface area contributed by atoms with E-state index in [-0.39, 0.29) is 18.1 Å². The molecule has 0 saturated carbocycles. The maximum Gasteiger partial charge on any atom is 0.257 e. The molecule has 1 amide bonds. The molecule has 162 valence electrons. The third-order valence-electron chi connectivity index (χ3n) is 4.55. The second-order valence-corrected chi connectivity index (χ2v) is 8.11. The van der Waals surface area contributed by atoms with Crippen LogP contribution in [0.5, 0.6) is 11.5 Å². The highest BCUT2D eigenvalue weighted by atomic mass is 35.5. The maximum absolute atomic E-state index is 12.7. The van der Waals surface area contributed by atoms with Gasteiger partial charge in [-0.1, -0.05) is 11.6 Å². The number of aryl methyl sites for hydroxylation is 1. The SMILES string of the molecule is Cc1nc(CC(C)OC(C)C)ccc1C(=O)Nc1ccc(Oc2ccc(Cl)cc2)cc1. The standard InChI is InChI=1S/C25H27ClN2O3/c1-16(2)30-17(3)15-21-9-14-24(18(4)27-21)25(29)28-20-7-12-23(13-8-20)31-22-10-5-19(26)6-11-22/h5-14,16-17H,15H2,1-4H3,(H,28,29). The monoisotopic (exact) mass is 438 g/mol. The third-order valence-corrected chi connectivity index (χ3v) is 4.80. The number of hydrogen-bond donors (Lipinski definition) is 1. The van der Waals surface area contributed by atoms with Crippen LogP contribution in [0.4, 0.5) is 5.69 Å². The quantitative estimate of drug-likeness (QED) is 0.439. The summed E-state index contributed by atoms with van der Waals surface area (Å²) in [7, 11) is 0. The molecule has 6 heteroatoms. The first-order valence-electron chi connectivity index (χ1n) is 10.3. The number of aromatic nitrogens is 1. The van der Waals surface area contributed by atoms with Gasteiger partial charge in [-0.15, -0.1) is 0 Å². The fourth-order valence-corrected chi connectivity index (χ4v) is 3.34. The Kier molecular flexibility index (Phi) is 7.66. The van der Waals surface area contributed by atoms with Gasteiger partial charge in [0.15, 0.2) is 0 Å². The molecule has 1 aromatic heterocycles. The summed E-state index contributed by atoms with van der Waals surface area (Å²) in [5.74, 6) is 1.16. The molecule has 1 N–H and O–H groups in total. The molecule has 2 aromatic carbocycles.